The number of hydrogen-bond donors (Lipinski definition) is 0. The lowest BCUT2D eigenvalue weighted by Crippen LogP contribution is -1.85. The number of aryl methyl sites for hydroxylation is 1. The average molecular weight is 331 g/mol. The van der Waals surface area contributed by atoms with Crippen LogP contribution in [0.5, 0.6) is 0 Å². The van der Waals surface area contributed by atoms with Gasteiger partial charge >= 0.3 is 0 Å². The van der Waals surface area contributed by atoms with E-state index in [-0.39, 0.29) is 5.89 Å². The van der Waals surface area contributed by atoms with Gasteiger partial charge in [-0.05, 0) is 36.3 Å². The summed E-state index contributed by atoms with van der Waals surface area (Å²) in [5.41, 5.74) is 2.86. The van der Waals surface area contributed by atoms with E-state index in [2.05, 4.69) is 10.1 Å². The molecule has 0 saturated carbocycles. The molecule has 3 nitrogen and oxygen atoms in total. The Kier molecular flexibility index (Phi) is 4.27. The van der Waals surface area contributed by atoms with E-state index < -0.39 is 0 Å². The molecule has 3 rings (SSSR count). The van der Waals surface area contributed by atoms with Gasteiger partial charge in [-0.1, -0.05) is 64.8 Å². The minimum atomic E-state index is 0.278. The largest absolute Gasteiger partial charge is 0.333 e. The summed E-state index contributed by atoms with van der Waals surface area (Å²) < 4.78 is 5.24. The molecular weight excluding hydrogens is 319 g/mol. The molecule has 1 heterocycles. The molecule has 0 fully saturated rings. The van der Waals surface area contributed by atoms with Gasteiger partial charge in [-0.2, -0.15) is 4.98 Å². The van der Waals surface area contributed by atoms with Crippen LogP contribution in [0.15, 0.2) is 53.1 Å². The highest BCUT2D eigenvalue weighted by atomic mass is 35.5. The van der Waals surface area contributed by atoms with Crippen LogP contribution in [0.4, 0.5) is 0 Å². The quantitative estimate of drug-likeness (QED) is 0.642. The average Bonchev–Trinajstić information content (AvgIpc) is 2.97. The monoisotopic (exact) mass is 330 g/mol. The second-order valence-corrected chi connectivity index (χ2v) is 5.63. The van der Waals surface area contributed by atoms with Crippen molar-refractivity contribution < 1.29 is 4.52 Å². The summed E-state index contributed by atoms with van der Waals surface area (Å²) in [6.07, 6.45) is 1.74. The Labute approximate surface area is 138 Å². The maximum atomic E-state index is 6.26. The molecule has 0 saturated heterocycles. The van der Waals surface area contributed by atoms with Crippen molar-refractivity contribution in [2.75, 3.05) is 0 Å². The highest BCUT2D eigenvalue weighted by Gasteiger charge is 2.12. The first-order valence-corrected chi connectivity index (χ1v) is 7.42. The Morgan fingerprint density at radius 1 is 1.14 bits per heavy atom. The molecule has 0 atom stereocenters. The Bertz CT molecular complexity index is 840. The topological polar surface area (TPSA) is 38.9 Å². The molecule has 0 bridgehead atoms. The SMILES string of the molecule is Cc1ccccc1-c1noc(/C(Cl)=C/c2cccc(Cl)c2)n1. The van der Waals surface area contributed by atoms with E-state index in [9.17, 15) is 0 Å². The van der Waals surface area contributed by atoms with Crippen molar-refractivity contribution in [3.05, 3.63) is 70.6 Å². The first-order chi connectivity index (χ1) is 10.6. The Morgan fingerprint density at radius 2 is 1.95 bits per heavy atom. The zero-order valence-corrected chi connectivity index (χ0v) is 13.3. The Balaban J connectivity index is 1.92. The molecule has 0 unspecified atom stereocenters. The van der Waals surface area contributed by atoms with Gasteiger partial charge in [-0.15, -0.1) is 0 Å². The maximum absolute atomic E-state index is 6.26. The van der Waals surface area contributed by atoms with E-state index in [4.69, 9.17) is 27.7 Å². The normalized spacial score (nSPS) is 11.7. The van der Waals surface area contributed by atoms with Gasteiger partial charge in [0.25, 0.3) is 5.89 Å². The third-order valence-corrected chi connectivity index (χ3v) is 3.66. The summed E-state index contributed by atoms with van der Waals surface area (Å²) in [7, 11) is 0. The number of aromatic nitrogens is 2. The molecule has 5 heteroatoms. The third-order valence-electron chi connectivity index (χ3n) is 3.16. The molecular formula is C17H12Cl2N2O. The molecule has 0 spiro atoms. The van der Waals surface area contributed by atoms with Gasteiger partial charge in [0.15, 0.2) is 0 Å². The standard InChI is InChI=1S/C17H12Cl2N2O/c1-11-5-2-3-8-14(11)16-20-17(22-21-16)15(19)10-12-6-4-7-13(18)9-12/h2-10H,1H3/b15-10-. The summed E-state index contributed by atoms with van der Waals surface area (Å²) in [5, 5.41) is 5.00. The summed E-state index contributed by atoms with van der Waals surface area (Å²) in [4.78, 5) is 4.35. The fourth-order valence-electron chi connectivity index (χ4n) is 2.06. The van der Waals surface area contributed by atoms with Crippen LogP contribution >= 0.6 is 23.2 Å². The second-order valence-electron chi connectivity index (χ2n) is 4.79. The van der Waals surface area contributed by atoms with E-state index in [1.54, 1.807) is 12.1 Å². The van der Waals surface area contributed by atoms with E-state index >= 15 is 0 Å². The maximum Gasteiger partial charge on any atom is 0.269 e. The van der Waals surface area contributed by atoms with Crippen LogP contribution in [0, 0.1) is 6.92 Å². The van der Waals surface area contributed by atoms with Crippen molar-refractivity contribution in [1.29, 1.82) is 0 Å². The lowest BCUT2D eigenvalue weighted by molar-refractivity contribution is 0.410. The van der Waals surface area contributed by atoms with Crippen molar-refractivity contribution in [2.24, 2.45) is 0 Å². The predicted molar refractivity (Wildman–Crippen MR) is 89.6 cm³/mol. The van der Waals surface area contributed by atoms with Gasteiger partial charge in [0.1, 0.15) is 5.03 Å². The first kappa shape index (κ1) is 14.8. The van der Waals surface area contributed by atoms with Crippen LogP contribution in [0.1, 0.15) is 17.0 Å². The fourth-order valence-corrected chi connectivity index (χ4v) is 2.46. The van der Waals surface area contributed by atoms with Crippen LogP contribution in [0.2, 0.25) is 5.02 Å². The molecule has 0 aliphatic rings. The predicted octanol–water partition coefficient (Wildman–Crippen LogP) is 5.44. The fraction of sp³-hybridized carbons (Fsp3) is 0.0588. The van der Waals surface area contributed by atoms with Crippen LogP contribution in [0.3, 0.4) is 0 Å². The van der Waals surface area contributed by atoms with Crippen molar-refractivity contribution in [3.8, 4) is 11.4 Å². The van der Waals surface area contributed by atoms with Gasteiger partial charge in [0, 0.05) is 10.6 Å². The number of nitrogens with zero attached hydrogens (tertiary/aromatic N) is 2. The van der Waals surface area contributed by atoms with Crippen LogP contribution in [-0.4, -0.2) is 10.1 Å². The summed E-state index contributed by atoms with van der Waals surface area (Å²) in [6, 6.07) is 15.2. The molecule has 0 aliphatic carbocycles. The Hall–Kier alpha value is -2.10. The van der Waals surface area contributed by atoms with Crippen molar-refractivity contribution in [3.63, 3.8) is 0 Å². The van der Waals surface area contributed by atoms with Crippen molar-refractivity contribution in [2.45, 2.75) is 6.92 Å². The summed E-state index contributed by atoms with van der Waals surface area (Å²) in [6.45, 7) is 1.99. The van der Waals surface area contributed by atoms with E-state index in [1.807, 2.05) is 49.4 Å². The van der Waals surface area contributed by atoms with E-state index in [0.29, 0.717) is 15.9 Å². The van der Waals surface area contributed by atoms with Gasteiger partial charge in [-0.25, -0.2) is 0 Å². The highest BCUT2D eigenvalue weighted by Crippen LogP contribution is 2.26. The van der Waals surface area contributed by atoms with Crippen LogP contribution in [0.25, 0.3) is 22.5 Å². The molecule has 3 aromatic rings. The lowest BCUT2D eigenvalue weighted by atomic mass is 10.1. The van der Waals surface area contributed by atoms with Gasteiger partial charge < -0.3 is 4.52 Å². The third kappa shape index (κ3) is 3.21. The summed E-state index contributed by atoms with van der Waals surface area (Å²) in [5.74, 6) is 0.797. The minimum absolute atomic E-state index is 0.278. The number of halogens is 2. The Morgan fingerprint density at radius 3 is 2.73 bits per heavy atom. The molecule has 2 aromatic carbocycles. The van der Waals surface area contributed by atoms with Crippen molar-refractivity contribution in [1.82, 2.24) is 10.1 Å². The number of rotatable bonds is 3. The zero-order valence-electron chi connectivity index (χ0n) is 11.8. The second kappa shape index (κ2) is 6.34. The zero-order chi connectivity index (χ0) is 15.5. The lowest BCUT2D eigenvalue weighted by Gasteiger charge is -1.98. The molecule has 0 aliphatic heterocycles. The van der Waals surface area contributed by atoms with Crippen LogP contribution in [-0.2, 0) is 0 Å². The van der Waals surface area contributed by atoms with Gasteiger partial charge in [0.2, 0.25) is 5.82 Å². The number of hydrogen-bond acceptors (Lipinski definition) is 3. The molecule has 110 valence electrons. The molecule has 0 amide bonds. The van der Waals surface area contributed by atoms with Crippen molar-refractivity contribution >= 4 is 34.3 Å². The molecule has 0 radical (unpaired) electrons. The smallest absolute Gasteiger partial charge is 0.269 e. The minimum Gasteiger partial charge on any atom is -0.333 e. The first-order valence-electron chi connectivity index (χ1n) is 6.66. The van der Waals surface area contributed by atoms with E-state index in [0.717, 1.165) is 16.7 Å². The number of benzene rings is 2. The van der Waals surface area contributed by atoms with Gasteiger partial charge in [-0.3, -0.25) is 0 Å². The highest BCUT2D eigenvalue weighted by molar-refractivity contribution is 6.50. The van der Waals surface area contributed by atoms with E-state index in [1.165, 1.54) is 0 Å². The molecule has 0 N–H and O–H groups in total. The summed E-state index contributed by atoms with van der Waals surface area (Å²) >= 11 is 12.2. The molecule has 1 aromatic heterocycles. The van der Waals surface area contributed by atoms with Crippen LogP contribution < -0.4 is 0 Å². The van der Waals surface area contributed by atoms with Gasteiger partial charge in [0.05, 0.1) is 0 Å². The molecule has 22 heavy (non-hydrogen) atoms.